The van der Waals surface area contributed by atoms with Gasteiger partial charge in [-0.25, -0.2) is 4.79 Å². The SMILES string of the molecule is COc1ccc(CCNC(=O)[C@H](OC(=O)c2nsc(Cl)c2Cl)c2ccc(Cl)cc2)cc1OC. The van der Waals surface area contributed by atoms with Crippen molar-refractivity contribution in [1.82, 2.24) is 9.69 Å². The number of amides is 1. The largest absolute Gasteiger partial charge is 0.493 e. The van der Waals surface area contributed by atoms with Gasteiger partial charge in [0.15, 0.2) is 17.2 Å². The standard InChI is InChI=1S/C22H19Cl3N2O5S/c1-30-15-8-3-12(11-16(15)31-2)9-10-26-21(28)19(13-4-6-14(23)7-5-13)32-22(29)18-17(24)20(25)33-27-18/h3-8,11,19H,9-10H2,1-2H3,(H,26,28)/t19-/m1/s1. The van der Waals surface area contributed by atoms with Crippen molar-refractivity contribution in [1.29, 1.82) is 0 Å². The second kappa shape index (κ2) is 11.6. The highest BCUT2D eigenvalue weighted by molar-refractivity contribution is 7.11. The molecular weight excluding hydrogens is 511 g/mol. The lowest BCUT2D eigenvalue weighted by atomic mass is 10.1. The Bertz CT molecular complexity index is 1140. The zero-order valence-corrected chi connectivity index (χ0v) is 20.6. The van der Waals surface area contributed by atoms with E-state index in [-0.39, 0.29) is 15.1 Å². The minimum Gasteiger partial charge on any atom is -0.493 e. The summed E-state index contributed by atoms with van der Waals surface area (Å²) in [6.07, 6.45) is -0.724. The number of nitrogens with zero attached hydrogens (tertiary/aromatic N) is 1. The van der Waals surface area contributed by atoms with Gasteiger partial charge >= 0.3 is 5.97 Å². The number of esters is 1. The van der Waals surface area contributed by atoms with Crippen LogP contribution in [0.25, 0.3) is 0 Å². The van der Waals surface area contributed by atoms with Crippen LogP contribution in [0.15, 0.2) is 42.5 Å². The molecule has 11 heteroatoms. The van der Waals surface area contributed by atoms with E-state index in [1.54, 1.807) is 44.6 Å². The smallest absolute Gasteiger partial charge is 0.360 e. The third-order valence-corrected chi connectivity index (χ3v) is 6.45. The predicted octanol–water partition coefficient (Wildman–Crippen LogP) is 5.38. The van der Waals surface area contributed by atoms with Crippen molar-refractivity contribution in [2.24, 2.45) is 0 Å². The highest BCUT2D eigenvalue weighted by Crippen LogP contribution is 2.31. The van der Waals surface area contributed by atoms with Crippen LogP contribution in [0.1, 0.15) is 27.7 Å². The Morgan fingerprint density at radius 1 is 1.03 bits per heavy atom. The maximum Gasteiger partial charge on any atom is 0.360 e. The Kier molecular flexibility index (Phi) is 8.80. The number of ether oxygens (including phenoxy) is 3. The van der Waals surface area contributed by atoms with Gasteiger partial charge in [-0.3, -0.25) is 4.79 Å². The molecule has 2 aromatic carbocycles. The third-order valence-electron chi connectivity index (χ3n) is 4.59. The number of hydrogen-bond acceptors (Lipinski definition) is 7. The first-order chi connectivity index (χ1) is 15.8. The van der Waals surface area contributed by atoms with Gasteiger partial charge in [0.2, 0.25) is 6.10 Å². The Labute approximate surface area is 209 Å². The molecule has 0 aliphatic rings. The van der Waals surface area contributed by atoms with Crippen LogP contribution in [0.5, 0.6) is 11.5 Å². The van der Waals surface area contributed by atoms with Gasteiger partial charge in [-0.15, -0.1) is 0 Å². The molecule has 1 atom stereocenters. The molecule has 0 bridgehead atoms. The van der Waals surface area contributed by atoms with E-state index in [0.717, 1.165) is 17.1 Å². The number of carbonyl (C=O) groups excluding carboxylic acids is 2. The summed E-state index contributed by atoms with van der Waals surface area (Å²) in [7, 11) is 3.11. The van der Waals surface area contributed by atoms with Gasteiger partial charge in [-0.2, -0.15) is 4.37 Å². The fraction of sp³-hybridized carbons (Fsp3) is 0.227. The second-order valence-corrected chi connectivity index (χ2v) is 8.88. The summed E-state index contributed by atoms with van der Waals surface area (Å²) in [4.78, 5) is 25.6. The summed E-state index contributed by atoms with van der Waals surface area (Å²) in [5.41, 5.74) is 1.22. The first-order valence-corrected chi connectivity index (χ1v) is 11.5. The van der Waals surface area contributed by atoms with Gasteiger partial charge in [0.05, 0.1) is 14.2 Å². The van der Waals surface area contributed by atoms with Crippen molar-refractivity contribution in [3.63, 3.8) is 0 Å². The van der Waals surface area contributed by atoms with Gasteiger partial charge in [0.25, 0.3) is 5.91 Å². The normalized spacial score (nSPS) is 11.5. The maximum absolute atomic E-state index is 13.0. The van der Waals surface area contributed by atoms with E-state index < -0.39 is 18.0 Å². The average molecular weight is 530 g/mol. The van der Waals surface area contributed by atoms with Crippen LogP contribution in [0.3, 0.4) is 0 Å². The number of aromatic nitrogens is 1. The molecule has 0 aliphatic heterocycles. The van der Waals surface area contributed by atoms with Crippen molar-refractivity contribution in [3.8, 4) is 11.5 Å². The number of carbonyl (C=O) groups is 2. The van der Waals surface area contributed by atoms with Crippen molar-refractivity contribution < 1.29 is 23.8 Å². The molecule has 3 rings (SSSR count). The molecule has 1 heterocycles. The van der Waals surface area contributed by atoms with Crippen molar-refractivity contribution in [2.45, 2.75) is 12.5 Å². The summed E-state index contributed by atoms with van der Waals surface area (Å²) >= 11 is 18.7. The Balaban J connectivity index is 1.72. The number of methoxy groups -OCH3 is 2. The van der Waals surface area contributed by atoms with Gasteiger partial charge in [-0.1, -0.05) is 53.0 Å². The monoisotopic (exact) mass is 528 g/mol. The summed E-state index contributed by atoms with van der Waals surface area (Å²) in [6, 6.07) is 11.9. The highest BCUT2D eigenvalue weighted by atomic mass is 35.5. The minimum atomic E-state index is -1.24. The van der Waals surface area contributed by atoms with Crippen molar-refractivity contribution >= 4 is 58.2 Å². The van der Waals surface area contributed by atoms with Crippen LogP contribution in [0, 0.1) is 0 Å². The molecule has 1 N–H and O–H groups in total. The number of hydrogen-bond donors (Lipinski definition) is 1. The first kappa shape index (κ1) is 25.1. The molecule has 0 aliphatic carbocycles. The molecule has 0 fully saturated rings. The summed E-state index contributed by atoms with van der Waals surface area (Å²) in [5.74, 6) is -0.171. The zero-order valence-electron chi connectivity index (χ0n) is 17.6. The first-order valence-electron chi connectivity index (χ1n) is 9.59. The molecule has 0 radical (unpaired) electrons. The number of halogens is 3. The lowest BCUT2D eigenvalue weighted by molar-refractivity contribution is -0.130. The predicted molar refractivity (Wildman–Crippen MR) is 128 cm³/mol. The van der Waals surface area contributed by atoms with Gasteiger partial charge in [-0.05, 0) is 47.8 Å². The topological polar surface area (TPSA) is 86.8 Å². The summed E-state index contributed by atoms with van der Waals surface area (Å²) in [6.45, 7) is 0.291. The van der Waals surface area contributed by atoms with Crippen LogP contribution < -0.4 is 14.8 Å². The Hall–Kier alpha value is -2.52. The fourth-order valence-corrected chi connectivity index (χ4v) is 4.02. The van der Waals surface area contributed by atoms with E-state index >= 15 is 0 Å². The highest BCUT2D eigenvalue weighted by Gasteiger charge is 2.28. The number of nitrogens with one attached hydrogen (secondary N) is 1. The van der Waals surface area contributed by atoms with E-state index in [0.29, 0.717) is 35.1 Å². The molecule has 1 amide bonds. The summed E-state index contributed by atoms with van der Waals surface area (Å²) < 4.78 is 20.0. The summed E-state index contributed by atoms with van der Waals surface area (Å²) in [5, 5.41) is 3.25. The third kappa shape index (κ3) is 6.29. The maximum atomic E-state index is 13.0. The zero-order chi connectivity index (χ0) is 24.0. The van der Waals surface area contributed by atoms with Crippen LogP contribution in [-0.4, -0.2) is 37.0 Å². The molecule has 3 aromatic rings. The number of rotatable bonds is 9. The van der Waals surface area contributed by atoms with E-state index in [1.807, 2.05) is 12.1 Å². The molecule has 0 spiro atoms. The van der Waals surface area contributed by atoms with E-state index in [2.05, 4.69) is 9.69 Å². The fourth-order valence-electron chi connectivity index (χ4n) is 2.92. The van der Waals surface area contributed by atoms with E-state index in [4.69, 9.17) is 49.0 Å². The van der Waals surface area contributed by atoms with Crippen molar-refractivity contribution in [2.75, 3.05) is 20.8 Å². The lowest BCUT2D eigenvalue weighted by Gasteiger charge is -2.18. The Morgan fingerprint density at radius 3 is 2.33 bits per heavy atom. The molecule has 1 aromatic heterocycles. The van der Waals surface area contributed by atoms with Gasteiger partial charge in [0.1, 0.15) is 9.36 Å². The molecule has 174 valence electrons. The second-order valence-electron chi connectivity index (χ2n) is 6.69. The minimum absolute atomic E-state index is 0.0182. The van der Waals surface area contributed by atoms with Crippen LogP contribution in [-0.2, 0) is 16.0 Å². The average Bonchev–Trinajstić information content (AvgIpc) is 3.16. The molecule has 0 unspecified atom stereocenters. The molecular formula is C22H19Cl3N2O5S. The molecule has 33 heavy (non-hydrogen) atoms. The van der Waals surface area contributed by atoms with Crippen LogP contribution in [0.4, 0.5) is 0 Å². The van der Waals surface area contributed by atoms with Gasteiger partial charge in [0, 0.05) is 17.1 Å². The Morgan fingerprint density at radius 2 is 1.73 bits per heavy atom. The molecule has 7 nitrogen and oxygen atoms in total. The quantitative estimate of drug-likeness (QED) is 0.375. The van der Waals surface area contributed by atoms with Crippen molar-refractivity contribution in [3.05, 3.63) is 73.7 Å². The van der Waals surface area contributed by atoms with E-state index in [1.165, 1.54) is 0 Å². The molecule has 0 saturated heterocycles. The number of benzene rings is 2. The van der Waals surface area contributed by atoms with Crippen LogP contribution in [0.2, 0.25) is 14.4 Å². The van der Waals surface area contributed by atoms with Gasteiger partial charge < -0.3 is 19.5 Å². The lowest BCUT2D eigenvalue weighted by Crippen LogP contribution is -2.33. The molecule has 0 saturated carbocycles. The van der Waals surface area contributed by atoms with E-state index in [9.17, 15) is 9.59 Å². The van der Waals surface area contributed by atoms with Crippen LogP contribution >= 0.6 is 46.3 Å².